The monoisotopic (exact) mass is 481 g/mol. The van der Waals surface area contributed by atoms with Crippen molar-refractivity contribution in [3.8, 4) is 0 Å². The molecule has 1 heterocycles. The number of ether oxygens (including phenoxy) is 1. The number of nitrogens with one attached hydrogen (secondary N) is 2. The van der Waals surface area contributed by atoms with Gasteiger partial charge in [0.25, 0.3) is 0 Å². The summed E-state index contributed by atoms with van der Waals surface area (Å²) in [7, 11) is 1.77. The minimum atomic E-state index is 0. The third-order valence-corrected chi connectivity index (χ3v) is 4.92. The minimum Gasteiger partial charge on any atom is -0.396 e. The van der Waals surface area contributed by atoms with Crippen LogP contribution < -0.4 is 10.6 Å². The van der Waals surface area contributed by atoms with Gasteiger partial charge in [-0.05, 0) is 37.3 Å². The van der Waals surface area contributed by atoms with E-state index in [0.29, 0.717) is 6.61 Å². The fourth-order valence-corrected chi connectivity index (χ4v) is 3.22. The third-order valence-electron chi connectivity index (χ3n) is 4.55. The van der Waals surface area contributed by atoms with Crippen LogP contribution in [0.3, 0.4) is 0 Å². The molecular weight excluding hydrogens is 453 g/mol. The third kappa shape index (κ3) is 7.29. The summed E-state index contributed by atoms with van der Waals surface area (Å²) in [5.74, 6) is 0.790. The zero-order valence-corrected chi connectivity index (χ0v) is 17.8. The van der Waals surface area contributed by atoms with E-state index in [1.165, 1.54) is 5.56 Å². The lowest BCUT2D eigenvalue weighted by Gasteiger charge is -2.27. The van der Waals surface area contributed by atoms with Gasteiger partial charge in [-0.25, -0.2) is 0 Å². The molecule has 0 amide bonds. The van der Waals surface area contributed by atoms with Gasteiger partial charge in [0.1, 0.15) is 0 Å². The van der Waals surface area contributed by atoms with Crippen molar-refractivity contribution in [1.29, 1.82) is 0 Å². The molecule has 5 nitrogen and oxygen atoms in total. The molecule has 1 aliphatic rings. The van der Waals surface area contributed by atoms with E-state index in [4.69, 9.17) is 16.3 Å². The van der Waals surface area contributed by atoms with Crippen molar-refractivity contribution < 1.29 is 9.84 Å². The normalized spacial score (nSPS) is 20.2. The van der Waals surface area contributed by atoms with Gasteiger partial charge in [0.05, 0.1) is 6.61 Å². The van der Waals surface area contributed by atoms with Crippen molar-refractivity contribution in [2.75, 3.05) is 40.0 Å². The number of aliphatic imine (C=N–C) groups is 1. The molecule has 1 aromatic carbocycles. The van der Waals surface area contributed by atoms with E-state index in [1.54, 1.807) is 7.05 Å². The van der Waals surface area contributed by atoms with Crippen molar-refractivity contribution in [2.24, 2.45) is 10.4 Å². The van der Waals surface area contributed by atoms with Crippen LogP contribution in [0.1, 0.15) is 24.8 Å². The van der Waals surface area contributed by atoms with Crippen LogP contribution in [-0.2, 0) is 11.2 Å². The van der Waals surface area contributed by atoms with Crippen LogP contribution in [0.15, 0.2) is 29.3 Å². The highest BCUT2D eigenvalue weighted by Crippen LogP contribution is 2.31. The van der Waals surface area contributed by atoms with Gasteiger partial charge in [-0.2, -0.15) is 0 Å². The molecule has 1 fully saturated rings. The molecule has 0 aliphatic carbocycles. The summed E-state index contributed by atoms with van der Waals surface area (Å²) in [5.41, 5.74) is 1.19. The lowest BCUT2D eigenvalue weighted by Crippen LogP contribution is -2.44. The Labute approximate surface area is 172 Å². The topological polar surface area (TPSA) is 65.9 Å². The highest BCUT2D eigenvalue weighted by molar-refractivity contribution is 14.0. The summed E-state index contributed by atoms with van der Waals surface area (Å²) in [6.07, 6.45) is 3.65. The molecule has 25 heavy (non-hydrogen) atoms. The second kappa shape index (κ2) is 11.9. The Morgan fingerprint density at radius 3 is 2.80 bits per heavy atom. The molecule has 1 unspecified atom stereocenters. The molecule has 1 atom stereocenters. The predicted molar refractivity (Wildman–Crippen MR) is 114 cm³/mol. The number of nitrogens with zero attached hydrogens (tertiary/aromatic N) is 1. The number of aliphatic hydroxyl groups is 1. The molecular formula is C18H29ClIN3O2. The molecule has 0 saturated carbocycles. The Kier molecular flexibility index (Phi) is 10.7. The van der Waals surface area contributed by atoms with E-state index >= 15 is 0 Å². The molecule has 2 rings (SSSR count). The molecule has 0 spiro atoms. The summed E-state index contributed by atoms with van der Waals surface area (Å²) >= 11 is 6.17. The van der Waals surface area contributed by atoms with Crippen molar-refractivity contribution in [1.82, 2.24) is 10.6 Å². The van der Waals surface area contributed by atoms with Crippen LogP contribution >= 0.6 is 35.6 Å². The van der Waals surface area contributed by atoms with Crippen LogP contribution in [0.25, 0.3) is 0 Å². The summed E-state index contributed by atoms with van der Waals surface area (Å²) in [4.78, 5) is 4.27. The Bertz CT molecular complexity index is 537. The average Bonchev–Trinajstić information content (AvgIpc) is 3.05. The average molecular weight is 482 g/mol. The number of aliphatic hydroxyl groups excluding tert-OH is 1. The standard InChI is InChI=1S/C18H28ClN3O2.HI/c1-20-17(22-13-18(8-11-23)9-12-24-14-18)21-10-4-6-15-5-2-3-7-16(15)19;/h2-3,5,7,23H,4,6,8-14H2,1H3,(H2,20,21,22);1H. The van der Waals surface area contributed by atoms with Gasteiger partial charge in [0.15, 0.2) is 5.96 Å². The number of hydrogen-bond acceptors (Lipinski definition) is 3. The molecule has 0 radical (unpaired) electrons. The second-order valence-electron chi connectivity index (χ2n) is 6.32. The maximum absolute atomic E-state index is 9.28. The fraction of sp³-hybridized carbons (Fsp3) is 0.611. The lowest BCUT2D eigenvalue weighted by atomic mass is 9.84. The first-order valence-electron chi connectivity index (χ1n) is 8.56. The minimum absolute atomic E-state index is 0. The van der Waals surface area contributed by atoms with Gasteiger partial charge in [0.2, 0.25) is 0 Å². The Morgan fingerprint density at radius 2 is 2.16 bits per heavy atom. The number of hydrogen-bond donors (Lipinski definition) is 3. The van der Waals surface area contributed by atoms with Gasteiger partial charge >= 0.3 is 0 Å². The summed E-state index contributed by atoms with van der Waals surface area (Å²) in [6.45, 7) is 3.25. The van der Waals surface area contributed by atoms with Crippen molar-refractivity contribution in [3.63, 3.8) is 0 Å². The van der Waals surface area contributed by atoms with Crippen molar-refractivity contribution >= 4 is 41.5 Å². The predicted octanol–water partition coefficient (Wildman–Crippen LogP) is 2.84. The number of rotatable bonds is 8. The maximum Gasteiger partial charge on any atom is 0.190 e. The number of aryl methyl sites for hydroxylation is 1. The molecule has 7 heteroatoms. The molecule has 0 aromatic heterocycles. The zero-order valence-electron chi connectivity index (χ0n) is 14.8. The number of guanidine groups is 1. The highest BCUT2D eigenvalue weighted by Gasteiger charge is 2.34. The second-order valence-corrected chi connectivity index (χ2v) is 6.73. The van der Waals surface area contributed by atoms with E-state index in [1.807, 2.05) is 18.2 Å². The zero-order chi connectivity index (χ0) is 17.3. The quantitative estimate of drug-likeness (QED) is 0.231. The number of benzene rings is 1. The molecule has 1 aliphatic heterocycles. The first-order chi connectivity index (χ1) is 11.7. The van der Waals surface area contributed by atoms with Gasteiger partial charge < -0.3 is 20.5 Å². The van der Waals surface area contributed by atoms with Gasteiger partial charge in [0, 0.05) is 43.8 Å². The Morgan fingerprint density at radius 1 is 1.36 bits per heavy atom. The molecule has 142 valence electrons. The molecule has 1 saturated heterocycles. The summed E-state index contributed by atoms with van der Waals surface area (Å²) < 4.78 is 5.51. The Balaban J connectivity index is 0.00000312. The first kappa shape index (κ1) is 22.5. The lowest BCUT2D eigenvalue weighted by molar-refractivity contribution is 0.127. The summed E-state index contributed by atoms with van der Waals surface area (Å²) in [5, 5.41) is 16.8. The van der Waals surface area contributed by atoms with Crippen LogP contribution in [0, 0.1) is 5.41 Å². The highest BCUT2D eigenvalue weighted by atomic mass is 127. The Hall–Kier alpha value is -0.570. The van der Waals surface area contributed by atoms with E-state index in [-0.39, 0.29) is 36.0 Å². The molecule has 3 N–H and O–H groups in total. The van der Waals surface area contributed by atoms with Crippen LogP contribution in [0.4, 0.5) is 0 Å². The van der Waals surface area contributed by atoms with E-state index in [2.05, 4.69) is 21.7 Å². The van der Waals surface area contributed by atoms with Gasteiger partial charge in [-0.3, -0.25) is 4.99 Å². The van der Waals surface area contributed by atoms with Crippen LogP contribution in [-0.4, -0.2) is 51.0 Å². The van der Waals surface area contributed by atoms with E-state index in [0.717, 1.165) is 56.4 Å². The molecule has 1 aromatic rings. The van der Waals surface area contributed by atoms with Crippen molar-refractivity contribution in [2.45, 2.75) is 25.7 Å². The largest absolute Gasteiger partial charge is 0.396 e. The first-order valence-corrected chi connectivity index (χ1v) is 8.93. The number of halogens is 2. The fourth-order valence-electron chi connectivity index (χ4n) is 2.99. The smallest absolute Gasteiger partial charge is 0.190 e. The van der Waals surface area contributed by atoms with Gasteiger partial charge in [-0.15, -0.1) is 24.0 Å². The SMILES string of the molecule is CN=C(NCCCc1ccccc1Cl)NCC1(CCO)CCOC1.I. The van der Waals surface area contributed by atoms with E-state index < -0.39 is 0 Å². The molecule has 0 bridgehead atoms. The van der Waals surface area contributed by atoms with Crippen LogP contribution in [0.5, 0.6) is 0 Å². The van der Waals surface area contributed by atoms with Gasteiger partial charge in [-0.1, -0.05) is 29.8 Å². The summed E-state index contributed by atoms with van der Waals surface area (Å²) in [6, 6.07) is 7.95. The van der Waals surface area contributed by atoms with Crippen molar-refractivity contribution in [3.05, 3.63) is 34.9 Å². The van der Waals surface area contributed by atoms with E-state index in [9.17, 15) is 5.11 Å². The van der Waals surface area contributed by atoms with Crippen LogP contribution in [0.2, 0.25) is 5.02 Å². The maximum atomic E-state index is 9.28.